The molecule has 1 aliphatic heterocycles. The third kappa shape index (κ3) is 8.08. The van der Waals surface area contributed by atoms with Crippen LogP contribution >= 0.6 is 11.3 Å². The highest BCUT2D eigenvalue weighted by molar-refractivity contribution is 7.13. The zero-order chi connectivity index (χ0) is 31.4. The molecule has 2 heterocycles. The van der Waals surface area contributed by atoms with E-state index in [2.05, 4.69) is 15.6 Å². The number of aliphatic hydroxyl groups excluding tert-OH is 1. The normalized spacial score (nSPS) is 20.0. The summed E-state index contributed by atoms with van der Waals surface area (Å²) in [4.78, 5) is 46.3. The average molecular weight is 620 g/mol. The second kappa shape index (κ2) is 13.7. The largest absolute Gasteiger partial charge is 0.491 e. The van der Waals surface area contributed by atoms with E-state index < -0.39 is 47.0 Å². The van der Waals surface area contributed by atoms with Gasteiger partial charge in [-0.15, -0.1) is 11.3 Å². The van der Waals surface area contributed by atoms with E-state index in [4.69, 9.17) is 15.2 Å². The van der Waals surface area contributed by atoms with E-state index in [0.717, 1.165) is 16.1 Å². The molecule has 13 heteroatoms. The van der Waals surface area contributed by atoms with Crippen LogP contribution in [-0.4, -0.2) is 89.5 Å². The Balaban J connectivity index is 1.47. The van der Waals surface area contributed by atoms with Gasteiger partial charge < -0.3 is 35.8 Å². The van der Waals surface area contributed by atoms with Crippen LogP contribution in [0, 0.1) is 12.3 Å². The van der Waals surface area contributed by atoms with E-state index in [1.807, 2.05) is 25.1 Å². The van der Waals surface area contributed by atoms with Crippen molar-refractivity contribution in [3.05, 3.63) is 35.0 Å². The number of β-amino-alcohol motifs (C(OH)–C–C–N with tert-alkyl or cyclic N) is 1. The number of aromatic nitrogens is 1. The predicted molar refractivity (Wildman–Crippen MR) is 160 cm³/mol. The topological polar surface area (TPSA) is 156 Å². The maximum atomic E-state index is 14.4. The van der Waals surface area contributed by atoms with Gasteiger partial charge in [0, 0.05) is 31.6 Å². The van der Waals surface area contributed by atoms with E-state index in [1.54, 1.807) is 26.3 Å². The first-order valence-electron chi connectivity index (χ1n) is 14.5. The van der Waals surface area contributed by atoms with Gasteiger partial charge in [0.1, 0.15) is 24.4 Å². The number of benzene rings is 1. The number of hydrogen-bond acceptors (Lipinski definition) is 9. The van der Waals surface area contributed by atoms with Crippen LogP contribution in [0.4, 0.5) is 4.39 Å². The highest BCUT2D eigenvalue weighted by atomic mass is 32.1. The van der Waals surface area contributed by atoms with Crippen LogP contribution in [0.25, 0.3) is 10.4 Å². The fourth-order valence-electron chi connectivity index (χ4n) is 4.97. The number of halogens is 1. The highest BCUT2D eigenvalue weighted by Gasteiger charge is 2.53. The van der Waals surface area contributed by atoms with E-state index >= 15 is 0 Å². The summed E-state index contributed by atoms with van der Waals surface area (Å²) >= 11 is 1.52. The van der Waals surface area contributed by atoms with Crippen molar-refractivity contribution in [2.24, 2.45) is 11.1 Å². The molecule has 3 atom stereocenters. The van der Waals surface area contributed by atoms with Gasteiger partial charge in [-0.2, -0.15) is 0 Å². The predicted octanol–water partition coefficient (Wildman–Crippen LogP) is 2.08. The molecule has 236 valence electrons. The molecular weight excluding hydrogens is 577 g/mol. The van der Waals surface area contributed by atoms with E-state index in [1.165, 1.54) is 16.2 Å². The zero-order valence-corrected chi connectivity index (χ0v) is 26.0. The van der Waals surface area contributed by atoms with Crippen LogP contribution in [-0.2, 0) is 25.7 Å². The van der Waals surface area contributed by atoms with Gasteiger partial charge in [-0.05, 0) is 36.8 Å². The molecule has 2 aliphatic rings. The third-order valence-electron chi connectivity index (χ3n) is 7.62. The molecule has 3 amide bonds. The monoisotopic (exact) mass is 619 g/mol. The second-order valence-electron chi connectivity index (χ2n) is 12.2. The molecule has 0 spiro atoms. The maximum absolute atomic E-state index is 14.4. The molecule has 1 aromatic heterocycles. The number of hydrogen-bond donors (Lipinski definition) is 4. The third-order valence-corrected chi connectivity index (χ3v) is 8.60. The minimum Gasteiger partial charge on any atom is -0.491 e. The molecular formula is C30H42FN5O6S. The standard InChI is InChI=1S/C30H42FN5O6S/c1-18-24(43-17-34-18)19-5-6-20(23(13-19)42-12-11-41-10-9-32)15-33-26(38)22-14-21(37)16-36(22)27(39)25(29(2,3)4)35-28(40)30(31)7-8-30/h5-6,13,17,21-22,25,37H,7-12,14-16,32H2,1-4H3,(H,33,38)(H,35,40). The summed E-state index contributed by atoms with van der Waals surface area (Å²) in [6.45, 7) is 8.71. The van der Waals surface area contributed by atoms with Crippen molar-refractivity contribution in [2.45, 2.75) is 77.4 Å². The van der Waals surface area contributed by atoms with Crippen molar-refractivity contribution in [1.82, 2.24) is 20.5 Å². The highest BCUT2D eigenvalue weighted by Crippen LogP contribution is 2.40. The van der Waals surface area contributed by atoms with Gasteiger partial charge in [-0.3, -0.25) is 14.4 Å². The number of carbonyl (C=O) groups is 3. The molecule has 1 aliphatic carbocycles. The summed E-state index contributed by atoms with van der Waals surface area (Å²) in [6, 6.07) is 3.67. The van der Waals surface area contributed by atoms with Crippen molar-refractivity contribution in [1.29, 1.82) is 0 Å². The van der Waals surface area contributed by atoms with Gasteiger partial charge in [0.2, 0.25) is 11.8 Å². The zero-order valence-electron chi connectivity index (χ0n) is 25.2. The SMILES string of the molecule is Cc1ncsc1-c1ccc(CNC(=O)C2CC(O)CN2C(=O)C(NC(=O)C2(F)CC2)C(C)(C)C)c(OCCOCCN)c1. The Kier molecular flexibility index (Phi) is 10.4. The van der Waals surface area contributed by atoms with E-state index in [0.29, 0.717) is 31.1 Å². The Morgan fingerprint density at radius 1 is 1.26 bits per heavy atom. The van der Waals surface area contributed by atoms with Crippen molar-refractivity contribution < 1.29 is 33.4 Å². The average Bonchev–Trinajstić information content (AvgIpc) is 3.37. The van der Waals surface area contributed by atoms with Crippen LogP contribution < -0.4 is 21.1 Å². The first-order valence-corrected chi connectivity index (χ1v) is 15.4. The Morgan fingerprint density at radius 2 is 2.00 bits per heavy atom. The summed E-state index contributed by atoms with van der Waals surface area (Å²) in [5.74, 6) is -1.24. The van der Waals surface area contributed by atoms with Gasteiger partial charge in [-0.25, -0.2) is 9.37 Å². The van der Waals surface area contributed by atoms with Gasteiger partial charge in [0.25, 0.3) is 5.91 Å². The number of amides is 3. The number of rotatable bonds is 13. The van der Waals surface area contributed by atoms with Crippen LogP contribution in [0.3, 0.4) is 0 Å². The molecule has 1 aromatic carbocycles. The summed E-state index contributed by atoms with van der Waals surface area (Å²) in [6.07, 6.45) is -0.634. The Bertz CT molecular complexity index is 1310. The molecule has 3 unspecified atom stereocenters. The number of aliphatic hydroxyl groups is 1. The molecule has 43 heavy (non-hydrogen) atoms. The lowest BCUT2D eigenvalue weighted by atomic mass is 9.85. The Morgan fingerprint density at radius 3 is 2.63 bits per heavy atom. The fraction of sp³-hybridized carbons (Fsp3) is 0.600. The van der Waals surface area contributed by atoms with Crippen molar-refractivity contribution in [2.75, 3.05) is 32.9 Å². The van der Waals surface area contributed by atoms with Crippen molar-refractivity contribution >= 4 is 29.1 Å². The van der Waals surface area contributed by atoms with Crippen LogP contribution in [0.15, 0.2) is 23.7 Å². The van der Waals surface area contributed by atoms with E-state index in [9.17, 15) is 23.9 Å². The minimum atomic E-state index is -1.95. The first kappa shape index (κ1) is 32.8. The number of thiazole rings is 1. The summed E-state index contributed by atoms with van der Waals surface area (Å²) in [5, 5.41) is 15.9. The number of carbonyl (C=O) groups excluding carboxylic acids is 3. The molecule has 4 rings (SSSR count). The minimum absolute atomic E-state index is 0.0425. The Hall–Kier alpha value is -3.13. The smallest absolute Gasteiger partial charge is 0.258 e. The van der Waals surface area contributed by atoms with Crippen molar-refractivity contribution in [3.8, 4) is 16.2 Å². The van der Waals surface area contributed by atoms with E-state index in [-0.39, 0.29) is 39.0 Å². The van der Waals surface area contributed by atoms with Crippen LogP contribution in [0.2, 0.25) is 0 Å². The van der Waals surface area contributed by atoms with Crippen molar-refractivity contribution in [3.63, 3.8) is 0 Å². The molecule has 5 N–H and O–H groups in total. The van der Waals surface area contributed by atoms with Crippen LogP contribution in [0.1, 0.15) is 51.3 Å². The molecule has 0 radical (unpaired) electrons. The van der Waals surface area contributed by atoms with Gasteiger partial charge in [0.15, 0.2) is 5.67 Å². The molecule has 2 fully saturated rings. The maximum Gasteiger partial charge on any atom is 0.258 e. The summed E-state index contributed by atoms with van der Waals surface area (Å²) < 4.78 is 25.9. The van der Waals surface area contributed by atoms with Gasteiger partial charge in [-0.1, -0.05) is 32.9 Å². The summed E-state index contributed by atoms with van der Waals surface area (Å²) in [5.41, 5.74) is 7.10. The second-order valence-corrected chi connectivity index (χ2v) is 13.0. The number of nitrogens with two attached hydrogens (primary N) is 1. The molecule has 0 bridgehead atoms. The number of alkyl halides is 1. The molecule has 2 aromatic rings. The number of nitrogens with zero attached hydrogens (tertiary/aromatic N) is 2. The quantitative estimate of drug-likeness (QED) is 0.249. The number of ether oxygens (including phenoxy) is 2. The summed E-state index contributed by atoms with van der Waals surface area (Å²) in [7, 11) is 0. The lowest BCUT2D eigenvalue weighted by molar-refractivity contribution is -0.145. The Labute approximate surface area is 255 Å². The van der Waals surface area contributed by atoms with Gasteiger partial charge >= 0.3 is 0 Å². The lowest BCUT2D eigenvalue weighted by Crippen LogP contribution is -2.59. The molecule has 1 saturated heterocycles. The first-order chi connectivity index (χ1) is 20.3. The lowest BCUT2D eigenvalue weighted by Gasteiger charge is -2.35. The molecule has 11 nitrogen and oxygen atoms in total. The number of aryl methyl sites for hydroxylation is 1. The number of likely N-dealkylation sites (tertiary alicyclic amines) is 1. The van der Waals surface area contributed by atoms with Gasteiger partial charge in [0.05, 0.1) is 35.4 Å². The molecule has 1 saturated carbocycles. The fourth-order valence-corrected chi connectivity index (χ4v) is 5.77. The van der Waals surface area contributed by atoms with Crippen LogP contribution in [0.5, 0.6) is 5.75 Å². The number of nitrogens with one attached hydrogen (secondary N) is 2.